The van der Waals surface area contributed by atoms with Crippen molar-refractivity contribution in [3.8, 4) is 16.4 Å². The second-order valence-electron chi connectivity index (χ2n) is 9.84. The highest BCUT2D eigenvalue weighted by atomic mass is 32.2. The molecule has 1 aliphatic heterocycles. The van der Waals surface area contributed by atoms with Crippen molar-refractivity contribution >= 4 is 44.2 Å². The maximum absolute atomic E-state index is 13.3. The highest BCUT2D eigenvalue weighted by Crippen LogP contribution is 2.33. The summed E-state index contributed by atoms with van der Waals surface area (Å²) in [6, 6.07) is 10.6. The number of anilines is 1. The van der Waals surface area contributed by atoms with Gasteiger partial charge in [0.15, 0.2) is 11.5 Å². The van der Waals surface area contributed by atoms with Crippen LogP contribution in [0.5, 0.6) is 5.75 Å². The number of fused-ring (bicyclic) bond motifs is 1. The second-order valence-corrected chi connectivity index (χ2v) is 13.1. The number of carbonyl (C=O) groups excluding carboxylic acids is 1. The van der Waals surface area contributed by atoms with Crippen LogP contribution in [0.4, 0.5) is 10.6 Å². The minimum Gasteiger partial charge on any atom is -0.408 e. The van der Waals surface area contributed by atoms with Crippen LogP contribution >= 0.6 is 11.3 Å². The van der Waals surface area contributed by atoms with Crippen LogP contribution < -0.4 is 10.1 Å². The number of carbonyl (C=O) groups is 1. The summed E-state index contributed by atoms with van der Waals surface area (Å²) in [4.78, 5) is 25.1. The number of aromatic nitrogens is 3. The summed E-state index contributed by atoms with van der Waals surface area (Å²) in [6.07, 6.45) is 0.952. The van der Waals surface area contributed by atoms with Crippen LogP contribution in [-0.2, 0) is 10.0 Å². The van der Waals surface area contributed by atoms with E-state index >= 15 is 0 Å². The van der Waals surface area contributed by atoms with Gasteiger partial charge in [-0.3, -0.25) is 4.90 Å². The summed E-state index contributed by atoms with van der Waals surface area (Å²) in [5.74, 6) is 1.56. The Morgan fingerprint density at radius 3 is 2.65 bits per heavy atom. The lowest BCUT2D eigenvalue weighted by Gasteiger charge is -2.35. The predicted octanol–water partition coefficient (Wildman–Crippen LogP) is 3.52. The Labute approximate surface area is 236 Å². The van der Waals surface area contributed by atoms with Crippen molar-refractivity contribution in [2.24, 2.45) is 0 Å². The van der Waals surface area contributed by atoms with Crippen LogP contribution in [0, 0.1) is 6.92 Å². The predicted molar refractivity (Wildman–Crippen MR) is 152 cm³/mol. The molecule has 1 aliphatic rings. The first kappa shape index (κ1) is 28.0. The number of ether oxygens (including phenoxy) is 1. The van der Waals surface area contributed by atoms with Crippen LogP contribution in [0.1, 0.15) is 12.6 Å². The van der Waals surface area contributed by atoms with Gasteiger partial charge < -0.3 is 19.5 Å². The van der Waals surface area contributed by atoms with Gasteiger partial charge >= 0.3 is 6.09 Å². The quantitative estimate of drug-likeness (QED) is 0.327. The van der Waals surface area contributed by atoms with E-state index in [1.165, 1.54) is 26.9 Å². The molecule has 5 rings (SSSR count). The van der Waals surface area contributed by atoms with Crippen molar-refractivity contribution in [2.75, 3.05) is 52.1 Å². The Bertz CT molecular complexity index is 1610. The van der Waals surface area contributed by atoms with Gasteiger partial charge in [-0.15, -0.1) is 11.3 Å². The number of piperazine rings is 1. The van der Waals surface area contributed by atoms with Gasteiger partial charge in [-0.1, -0.05) is 11.2 Å². The summed E-state index contributed by atoms with van der Waals surface area (Å²) < 4.78 is 39.1. The Hall–Kier alpha value is -3.59. The summed E-state index contributed by atoms with van der Waals surface area (Å²) >= 11 is 1.19. The smallest absolute Gasteiger partial charge is 0.408 e. The highest BCUT2D eigenvalue weighted by molar-refractivity contribution is 7.91. The Balaban J connectivity index is 1.19. The van der Waals surface area contributed by atoms with E-state index in [1.807, 2.05) is 19.9 Å². The number of hydrogen-bond acceptors (Lipinski definition) is 11. The average molecular weight is 586 g/mol. The molecule has 4 heterocycles. The number of para-hydroxylation sites is 1. The number of thiophene rings is 1. The molecule has 1 N–H and O–H groups in total. The first-order valence-corrected chi connectivity index (χ1v) is 15.0. The minimum atomic E-state index is -3.59. The van der Waals surface area contributed by atoms with Crippen molar-refractivity contribution in [1.82, 2.24) is 29.2 Å². The number of hydrogen-bond donors (Lipinski definition) is 1. The monoisotopic (exact) mass is 585 g/mol. The molecule has 0 aliphatic carbocycles. The van der Waals surface area contributed by atoms with E-state index in [4.69, 9.17) is 9.26 Å². The van der Waals surface area contributed by atoms with Crippen molar-refractivity contribution in [3.05, 3.63) is 48.4 Å². The van der Waals surface area contributed by atoms with Crippen LogP contribution in [0.15, 0.2) is 51.5 Å². The topological polar surface area (TPSA) is 134 Å². The molecule has 3 aromatic heterocycles. The molecule has 4 aromatic rings. The average Bonchev–Trinajstić information content (AvgIpc) is 3.59. The number of benzene rings is 1. The van der Waals surface area contributed by atoms with Gasteiger partial charge in [0.1, 0.15) is 21.9 Å². The summed E-state index contributed by atoms with van der Waals surface area (Å²) in [6.45, 7) is 6.60. The molecular weight excluding hydrogens is 554 g/mol. The van der Waals surface area contributed by atoms with Crippen LogP contribution in [0.25, 0.3) is 21.5 Å². The fourth-order valence-electron chi connectivity index (χ4n) is 4.46. The van der Waals surface area contributed by atoms with Gasteiger partial charge in [0.25, 0.3) is 10.0 Å². The second kappa shape index (κ2) is 11.5. The molecule has 1 fully saturated rings. The summed E-state index contributed by atoms with van der Waals surface area (Å²) in [7, 11) is -0.361. The van der Waals surface area contributed by atoms with Crippen LogP contribution in [0.3, 0.4) is 0 Å². The first-order chi connectivity index (χ1) is 19.1. The van der Waals surface area contributed by atoms with E-state index < -0.39 is 16.1 Å². The molecule has 1 aromatic carbocycles. The third-order valence-corrected chi connectivity index (χ3v) is 9.95. The lowest BCUT2D eigenvalue weighted by atomic mass is 10.2. The molecule has 1 atom stereocenters. The molecule has 0 radical (unpaired) electrons. The van der Waals surface area contributed by atoms with Gasteiger partial charge in [-0.05, 0) is 38.1 Å². The third-order valence-electron chi connectivity index (χ3n) is 6.48. The lowest BCUT2D eigenvalue weighted by Crippen LogP contribution is -2.50. The lowest BCUT2D eigenvalue weighted by molar-refractivity contribution is 0.172. The third kappa shape index (κ3) is 5.94. The van der Waals surface area contributed by atoms with Crippen molar-refractivity contribution in [3.63, 3.8) is 0 Å². The zero-order valence-corrected chi connectivity index (χ0v) is 24.3. The Morgan fingerprint density at radius 1 is 1.18 bits per heavy atom. The maximum atomic E-state index is 13.3. The molecule has 212 valence electrons. The van der Waals surface area contributed by atoms with Gasteiger partial charge in [0.05, 0.1) is 10.6 Å². The number of nitrogens with one attached hydrogen (secondary N) is 1. The molecule has 0 unspecified atom stereocenters. The highest BCUT2D eigenvalue weighted by Gasteiger charge is 2.30. The van der Waals surface area contributed by atoms with Crippen molar-refractivity contribution < 1.29 is 22.5 Å². The van der Waals surface area contributed by atoms with Gasteiger partial charge in [-0.25, -0.2) is 23.2 Å². The van der Waals surface area contributed by atoms with E-state index in [2.05, 4.69) is 25.3 Å². The number of amides is 1. The Morgan fingerprint density at radius 2 is 1.95 bits per heavy atom. The number of sulfonamides is 1. The van der Waals surface area contributed by atoms with E-state index in [9.17, 15) is 13.2 Å². The number of nitrogens with zero attached hydrogens (tertiary/aromatic N) is 6. The summed E-state index contributed by atoms with van der Waals surface area (Å²) in [5.41, 5.74) is 1.28. The van der Waals surface area contributed by atoms with E-state index in [0.717, 1.165) is 16.0 Å². The minimum absolute atomic E-state index is 0.0134. The van der Waals surface area contributed by atoms with Gasteiger partial charge in [-0.2, -0.15) is 4.31 Å². The molecule has 14 heteroatoms. The zero-order chi connectivity index (χ0) is 28.4. The molecule has 0 spiro atoms. The summed E-state index contributed by atoms with van der Waals surface area (Å²) in [5, 5.41) is 8.06. The molecule has 0 saturated carbocycles. The van der Waals surface area contributed by atoms with E-state index in [-0.39, 0.29) is 6.04 Å². The zero-order valence-electron chi connectivity index (χ0n) is 22.7. The molecule has 1 amide bonds. The van der Waals surface area contributed by atoms with Crippen LogP contribution in [-0.4, -0.2) is 96.6 Å². The van der Waals surface area contributed by atoms with Crippen molar-refractivity contribution in [2.45, 2.75) is 24.1 Å². The Kier molecular flexibility index (Phi) is 8.03. The SMILES string of the molecule is Cc1cc(-c2ccc(S(=O)(=O)N3CCN(C[C@H](C)Nc4ncnc5c(OC(=O)N(C)C)cccc45)CC3)s2)on1. The number of rotatable bonds is 8. The first-order valence-electron chi connectivity index (χ1n) is 12.8. The van der Waals surface area contributed by atoms with Crippen LogP contribution in [0.2, 0.25) is 0 Å². The van der Waals surface area contributed by atoms with E-state index in [1.54, 1.807) is 44.4 Å². The van der Waals surface area contributed by atoms with Gasteiger partial charge in [0.2, 0.25) is 0 Å². The van der Waals surface area contributed by atoms with Crippen molar-refractivity contribution in [1.29, 1.82) is 0 Å². The van der Waals surface area contributed by atoms with E-state index in [0.29, 0.717) is 59.8 Å². The molecular formula is C26H31N7O5S2. The fourth-order valence-corrected chi connectivity index (χ4v) is 7.29. The largest absolute Gasteiger partial charge is 0.414 e. The molecule has 1 saturated heterocycles. The van der Waals surface area contributed by atoms with Gasteiger partial charge in [0, 0.05) is 64.3 Å². The standard InChI is InChI=1S/C26H31N7O5S2/c1-17-14-21(38-30-17)22-8-9-23(39-22)40(35,36)33-12-10-32(11-13-33)15-18(2)29-25-19-6-5-7-20(24(19)27-16-28-25)37-26(34)31(3)4/h5-9,14,16,18H,10-13,15H2,1-4H3,(H,27,28,29)/t18-/m0/s1. The molecule has 0 bridgehead atoms. The fraction of sp³-hybridized carbons (Fsp3) is 0.385. The molecule has 12 nitrogen and oxygen atoms in total. The normalized spacial score (nSPS) is 15.7. The molecule has 40 heavy (non-hydrogen) atoms. The maximum Gasteiger partial charge on any atom is 0.414 e. The number of aryl methyl sites for hydroxylation is 1.